The highest BCUT2D eigenvalue weighted by atomic mass is 35.5. The third kappa shape index (κ3) is 4.36. The van der Waals surface area contributed by atoms with Gasteiger partial charge >= 0.3 is 0 Å². The Morgan fingerprint density at radius 1 is 1.11 bits per heavy atom. The number of benzene rings is 2. The minimum atomic E-state index is -0.564. The van der Waals surface area contributed by atoms with Crippen LogP contribution in [0.5, 0.6) is 0 Å². The van der Waals surface area contributed by atoms with Crippen molar-refractivity contribution in [2.24, 2.45) is 5.41 Å². The molecule has 27 heavy (non-hydrogen) atoms. The van der Waals surface area contributed by atoms with Gasteiger partial charge in [0.2, 0.25) is 11.8 Å². The maximum absolute atomic E-state index is 12.7. The van der Waals surface area contributed by atoms with Crippen LogP contribution in [0.15, 0.2) is 42.5 Å². The Balaban J connectivity index is 1.79. The second-order valence-electron chi connectivity index (χ2n) is 8.04. The topological polar surface area (TPSA) is 37.4 Å². The Morgan fingerprint density at radius 2 is 1.78 bits per heavy atom. The summed E-state index contributed by atoms with van der Waals surface area (Å²) in [5.74, 6) is -0.167. The second kappa shape index (κ2) is 7.65. The molecule has 2 aromatic carbocycles. The monoisotopic (exact) mass is 403 g/mol. The standard InChI is InChI=1S/C22H23Cl2NO2/c1-22(2,3)21(27)25-17(9-11-20(25)26)12-14-4-6-15(7-5-14)18-13-16(23)8-10-19(18)24/h4-8,10,13,17H,9,11-12H2,1-3H3/t17-/m0/s1. The van der Waals surface area contributed by atoms with Gasteiger partial charge in [0.1, 0.15) is 0 Å². The molecule has 2 aromatic rings. The number of hydrogen-bond acceptors (Lipinski definition) is 2. The maximum Gasteiger partial charge on any atom is 0.234 e. The molecule has 0 unspecified atom stereocenters. The van der Waals surface area contributed by atoms with Gasteiger partial charge in [0.25, 0.3) is 0 Å². The van der Waals surface area contributed by atoms with Crippen LogP contribution in [0.4, 0.5) is 0 Å². The number of imide groups is 1. The van der Waals surface area contributed by atoms with Crippen molar-refractivity contribution in [2.45, 2.75) is 46.1 Å². The summed E-state index contributed by atoms with van der Waals surface area (Å²) in [6.45, 7) is 5.55. The van der Waals surface area contributed by atoms with Crippen LogP contribution in [0.3, 0.4) is 0 Å². The number of likely N-dealkylation sites (tertiary alicyclic amines) is 1. The highest BCUT2D eigenvalue weighted by molar-refractivity contribution is 6.35. The lowest BCUT2D eigenvalue weighted by atomic mass is 9.93. The predicted molar refractivity (Wildman–Crippen MR) is 110 cm³/mol. The molecule has 1 aliphatic heterocycles. The number of carbonyl (C=O) groups excluding carboxylic acids is 2. The summed E-state index contributed by atoms with van der Waals surface area (Å²) in [5.41, 5.74) is 2.39. The normalized spacial score (nSPS) is 17.4. The number of halogens is 2. The minimum Gasteiger partial charge on any atom is -0.279 e. The van der Waals surface area contributed by atoms with Crippen molar-refractivity contribution in [1.29, 1.82) is 0 Å². The average Bonchev–Trinajstić information content (AvgIpc) is 2.96. The summed E-state index contributed by atoms with van der Waals surface area (Å²) in [4.78, 5) is 26.4. The highest BCUT2D eigenvalue weighted by Crippen LogP contribution is 2.32. The zero-order chi connectivity index (χ0) is 19.8. The van der Waals surface area contributed by atoms with Crippen LogP contribution in [0.1, 0.15) is 39.2 Å². The van der Waals surface area contributed by atoms with E-state index in [0.29, 0.717) is 29.3 Å². The van der Waals surface area contributed by atoms with E-state index < -0.39 is 5.41 Å². The number of carbonyl (C=O) groups is 2. The Labute approximate surface area is 170 Å². The molecule has 0 radical (unpaired) electrons. The third-order valence-electron chi connectivity index (χ3n) is 4.85. The molecule has 0 aliphatic carbocycles. The largest absolute Gasteiger partial charge is 0.279 e. The van der Waals surface area contributed by atoms with Crippen LogP contribution in [-0.4, -0.2) is 22.8 Å². The average molecular weight is 404 g/mol. The fourth-order valence-electron chi connectivity index (χ4n) is 3.39. The van der Waals surface area contributed by atoms with Crippen LogP contribution in [0, 0.1) is 5.41 Å². The molecule has 1 aliphatic rings. The van der Waals surface area contributed by atoms with E-state index in [1.807, 2.05) is 51.1 Å². The predicted octanol–water partition coefficient (Wildman–Crippen LogP) is 5.77. The first-order chi connectivity index (χ1) is 12.7. The molecule has 0 N–H and O–H groups in total. The Bertz CT molecular complexity index is 869. The summed E-state index contributed by atoms with van der Waals surface area (Å²) in [6, 6.07) is 13.4. The van der Waals surface area contributed by atoms with E-state index in [-0.39, 0.29) is 17.9 Å². The SMILES string of the molecule is CC(C)(C)C(=O)N1C(=O)CC[C@H]1Cc1ccc(-c2cc(Cl)ccc2Cl)cc1. The van der Waals surface area contributed by atoms with E-state index in [9.17, 15) is 9.59 Å². The molecule has 3 rings (SSSR count). The van der Waals surface area contributed by atoms with Crippen LogP contribution < -0.4 is 0 Å². The van der Waals surface area contributed by atoms with Gasteiger partial charge in [-0.25, -0.2) is 0 Å². The molecular weight excluding hydrogens is 381 g/mol. The van der Waals surface area contributed by atoms with Crippen molar-refractivity contribution in [2.75, 3.05) is 0 Å². The molecule has 2 amide bonds. The summed E-state index contributed by atoms with van der Waals surface area (Å²) in [7, 11) is 0. The number of hydrogen-bond donors (Lipinski definition) is 0. The van der Waals surface area contributed by atoms with Crippen molar-refractivity contribution in [1.82, 2.24) is 4.90 Å². The van der Waals surface area contributed by atoms with Crippen LogP contribution in [-0.2, 0) is 16.0 Å². The lowest BCUT2D eigenvalue weighted by Gasteiger charge is -2.29. The van der Waals surface area contributed by atoms with E-state index in [4.69, 9.17) is 23.2 Å². The molecule has 0 aromatic heterocycles. The van der Waals surface area contributed by atoms with Crippen molar-refractivity contribution < 1.29 is 9.59 Å². The van der Waals surface area contributed by atoms with Gasteiger partial charge in [-0.05, 0) is 42.2 Å². The zero-order valence-corrected chi connectivity index (χ0v) is 17.3. The van der Waals surface area contributed by atoms with Crippen molar-refractivity contribution in [3.63, 3.8) is 0 Å². The van der Waals surface area contributed by atoms with E-state index in [0.717, 1.165) is 16.7 Å². The fourth-order valence-corrected chi connectivity index (χ4v) is 3.79. The maximum atomic E-state index is 12.7. The van der Waals surface area contributed by atoms with Crippen molar-refractivity contribution in [3.8, 4) is 11.1 Å². The van der Waals surface area contributed by atoms with Crippen LogP contribution >= 0.6 is 23.2 Å². The van der Waals surface area contributed by atoms with Crippen LogP contribution in [0.25, 0.3) is 11.1 Å². The first-order valence-corrected chi connectivity index (χ1v) is 9.83. The molecule has 0 saturated carbocycles. The highest BCUT2D eigenvalue weighted by Gasteiger charge is 2.40. The fraction of sp³-hybridized carbons (Fsp3) is 0.364. The van der Waals surface area contributed by atoms with E-state index in [2.05, 4.69) is 0 Å². The Hall–Kier alpha value is -1.84. The zero-order valence-electron chi connectivity index (χ0n) is 15.8. The number of amides is 2. The van der Waals surface area contributed by atoms with Gasteiger partial charge < -0.3 is 0 Å². The smallest absolute Gasteiger partial charge is 0.234 e. The third-order valence-corrected chi connectivity index (χ3v) is 5.42. The summed E-state index contributed by atoms with van der Waals surface area (Å²) in [5, 5.41) is 1.29. The van der Waals surface area contributed by atoms with Gasteiger partial charge in [-0.1, -0.05) is 68.2 Å². The first-order valence-electron chi connectivity index (χ1n) is 9.07. The Morgan fingerprint density at radius 3 is 2.41 bits per heavy atom. The van der Waals surface area contributed by atoms with Gasteiger partial charge in [0, 0.05) is 33.5 Å². The lowest BCUT2D eigenvalue weighted by molar-refractivity contribution is -0.149. The van der Waals surface area contributed by atoms with Crippen molar-refractivity contribution >= 4 is 35.0 Å². The van der Waals surface area contributed by atoms with E-state index in [1.165, 1.54) is 4.90 Å². The molecule has 1 saturated heterocycles. The van der Waals surface area contributed by atoms with Gasteiger partial charge in [-0.3, -0.25) is 14.5 Å². The summed E-state index contributed by atoms with van der Waals surface area (Å²) < 4.78 is 0. The van der Waals surface area contributed by atoms with Crippen molar-refractivity contribution in [3.05, 3.63) is 58.1 Å². The molecular formula is C22H23Cl2NO2. The molecule has 5 heteroatoms. The molecule has 1 fully saturated rings. The number of nitrogens with zero attached hydrogens (tertiary/aromatic N) is 1. The molecule has 0 spiro atoms. The van der Waals surface area contributed by atoms with E-state index in [1.54, 1.807) is 12.1 Å². The first kappa shape index (κ1) is 19.9. The molecule has 3 nitrogen and oxygen atoms in total. The van der Waals surface area contributed by atoms with Gasteiger partial charge in [0.05, 0.1) is 0 Å². The summed E-state index contributed by atoms with van der Waals surface area (Å²) in [6.07, 6.45) is 1.81. The van der Waals surface area contributed by atoms with E-state index >= 15 is 0 Å². The minimum absolute atomic E-state index is 0.0674. The quantitative estimate of drug-likeness (QED) is 0.652. The molecule has 1 atom stereocenters. The summed E-state index contributed by atoms with van der Waals surface area (Å²) >= 11 is 12.4. The Kier molecular flexibility index (Phi) is 5.64. The number of rotatable bonds is 3. The molecule has 1 heterocycles. The lowest BCUT2D eigenvalue weighted by Crippen LogP contribution is -2.45. The van der Waals surface area contributed by atoms with Gasteiger partial charge in [-0.15, -0.1) is 0 Å². The van der Waals surface area contributed by atoms with Gasteiger partial charge in [-0.2, -0.15) is 0 Å². The molecule has 142 valence electrons. The molecule has 0 bridgehead atoms. The second-order valence-corrected chi connectivity index (χ2v) is 8.88. The van der Waals surface area contributed by atoms with Gasteiger partial charge in [0.15, 0.2) is 0 Å². The van der Waals surface area contributed by atoms with Crippen LogP contribution in [0.2, 0.25) is 10.0 Å².